The fourth-order valence-electron chi connectivity index (χ4n) is 2.89. The normalized spacial score (nSPS) is 17.5. The first-order valence-electron chi connectivity index (χ1n) is 9.44. The second kappa shape index (κ2) is 10.1. The molecule has 6 nitrogen and oxygen atoms in total. The lowest BCUT2D eigenvalue weighted by atomic mass is 9.84. The van der Waals surface area contributed by atoms with E-state index in [1.54, 1.807) is 20.2 Å². The van der Waals surface area contributed by atoms with Gasteiger partial charge in [-0.2, -0.15) is 0 Å². The molecule has 0 saturated carbocycles. The van der Waals surface area contributed by atoms with Gasteiger partial charge in [-0.05, 0) is 24.1 Å². The van der Waals surface area contributed by atoms with Gasteiger partial charge in [0.2, 0.25) is 5.91 Å². The third kappa shape index (κ3) is 6.63. The van der Waals surface area contributed by atoms with Crippen LogP contribution in [0, 0.1) is 11.7 Å². The van der Waals surface area contributed by atoms with Gasteiger partial charge in [0, 0.05) is 50.1 Å². The maximum absolute atomic E-state index is 13.4. The van der Waals surface area contributed by atoms with E-state index in [4.69, 9.17) is 16.3 Å². The summed E-state index contributed by atoms with van der Waals surface area (Å²) in [6.07, 6.45) is 1.01. The lowest BCUT2D eigenvalue weighted by molar-refractivity contribution is -0.127. The minimum atomic E-state index is -0.366. The Kier molecular flexibility index (Phi) is 8.07. The topological polar surface area (TPSA) is 66.0 Å². The van der Waals surface area contributed by atoms with Crippen molar-refractivity contribution in [3.8, 4) is 0 Å². The summed E-state index contributed by atoms with van der Waals surface area (Å²) < 4.78 is 18.8. The molecule has 1 heterocycles. The fourth-order valence-corrected chi connectivity index (χ4v) is 3.31. The van der Waals surface area contributed by atoms with Crippen LogP contribution in [0.25, 0.3) is 0 Å². The molecule has 8 heteroatoms. The summed E-state index contributed by atoms with van der Waals surface area (Å²) in [6, 6.07) is 4.43. The van der Waals surface area contributed by atoms with Crippen LogP contribution in [-0.2, 0) is 14.9 Å². The first-order valence-corrected chi connectivity index (χ1v) is 9.82. The van der Waals surface area contributed by atoms with Crippen LogP contribution in [0.3, 0.4) is 0 Å². The van der Waals surface area contributed by atoms with E-state index in [9.17, 15) is 9.18 Å². The number of carbonyl (C=O) groups is 1. The highest BCUT2D eigenvalue weighted by atomic mass is 35.5. The van der Waals surface area contributed by atoms with Gasteiger partial charge in [-0.3, -0.25) is 4.79 Å². The number of guanidine groups is 1. The van der Waals surface area contributed by atoms with Crippen molar-refractivity contribution in [3.05, 3.63) is 34.6 Å². The Morgan fingerprint density at radius 2 is 2.14 bits per heavy atom. The third-order valence-corrected chi connectivity index (χ3v) is 5.12. The van der Waals surface area contributed by atoms with E-state index in [0.717, 1.165) is 31.7 Å². The van der Waals surface area contributed by atoms with Crippen molar-refractivity contribution in [2.24, 2.45) is 10.9 Å². The third-order valence-electron chi connectivity index (χ3n) is 4.81. The van der Waals surface area contributed by atoms with Gasteiger partial charge in [0.1, 0.15) is 12.4 Å². The average Bonchev–Trinajstić information content (AvgIpc) is 3.13. The monoisotopic (exact) mass is 412 g/mol. The Labute approximate surface area is 171 Å². The molecule has 1 unspecified atom stereocenters. The molecule has 0 aliphatic carbocycles. The van der Waals surface area contributed by atoms with E-state index in [-0.39, 0.29) is 23.7 Å². The van der Waals surface area contributed by atoms with Gasteiger partial charge in [-0.25, -0.2) is 9.38 Å². The molecule has 1 aromatic rings. The number of hydrogen-bond acceptors (Lipinski definition) is 3. The SMILES string of the molecule is CN(C)C(=O)CN=C(NCC1CCOC1)NCC(C)(C)c1ccc(F)cc1Cl. The number of carbonyl (C=O) groups excluding carboxylic acids is 1. The zero-order valence-corrected chi connectivity index (χ0v) is 17.8. The second-order valence-corrected chi connectivity index (χ2v) is 8.33. The van der Waals surface area contributed by atoms with Gasteiger partial charge < -0.3 is 20.3 Å². The summed E-state index contributed by atoms with van der Waals surface area (Å²) in [5.74, 6) is 0.554. The Bertz CT molecular complexity index is 703. The Hall–Kier alpha value is -1.86. The molecular formula is C20H30ClFN4O2. The smallest absolute Gasteiger partial charge is 0.243 e. The molecular weight excluding hydrogens is 383 g/mol. The molecule has 0 spiro atoms. The lowest BCUT2D eigenvalue weighted by Crippen LogP contribution is -2.45. The van der Waals surface area contributed by atoms with Gasteiger partial charge in [-0.1, -0.05) is 31.5 Å². The van der Waals surface area contributed by atoms with Crippen LogP contribution in [0.2, 0.25) is 5.02 Å². The highest BCUT2D eigenvalue weighted by molar-refractivity contribution is 6.31. The Balaban J connectivity index is 2.04. The van der Waals surface area contributed by atoms with Gasteiger partial charge in [0.05, 0.1) is 6.61 Å². The van der Waals surface area contributed by atoms with Crippen LogP contribution in [0.4, 0.5) is 4.39 Å². The number of aliphatic imine (C=N–C) groups is 1. The summed E-state index contributed by atoms with van der Waals surface area (Å²) in [4.78, 5) is 17.8. The van der Waals surface area contributed by atoms with Gasteiger partial charge in [0.15, 0.2) is 5.96 Å². The standard InChI is InChI=1S/C20H30ClFN4O2/c1-20(2,16-6-5-15(22)9-17(16)21)13-25-19(24-11-18(27)26(3)4)23-10-14-7-8-28-12-14/h5-6,9,14H,7-8,10-13H2,1-4H3,(H2,23,24,25). The molecule has 1 aromatic carbocycles. The van der Waals surface area contributed by atoms with Crippen molar-refractivity contribution >= 4 is 23.5 Å². The van der Waals surface area contributed by atoms with Crippen LogP contribution in [0.5, 0.6) is 0 Å². The van der Waals surface area contributed by atoms with Crippen LogP contribution in [0.1, 0.15) is 25.8 Å². The quantitative estimate of drug-likeness (QED) is 0.533. The number of benzene rings is 1. The van der Waals surface area contributed by atoms with Crippen LogP contribution in [0.15, 0.2) is 23.2 Å². The number of likely N-dealkylation sites (N-methyl/N-ethyl adjacent to an activating group) is 1. The van der Waals surface area contributed by atoms with Crippen LogP contribution < -0.4 is 10.6 Å². The van der Waals surface area contributed by atoms with Gasteiger partial charge in [-0.15, -0.1) is 0 Å². The number of ether oxygens (including phenoxy) is 1. The summed E-state index contributed by atoms with van der Waals surface area (Å²) >= 11 is 6.24. The number of rotatable bonds is 7. The minimum Gasteiger partial charge on any atom is -0.381 e. The molecule has 0 radical (unpaired) electrons. The van der Waals surface area contributed by atoms with Crippen molar-refractivity contribution in [3.63, 3.8) is 0 Å². The molecule has 2 N–H and O–H groups in total. The van der Waals surface area contributed by atoms with E-state index in [0.29, 0.717) is 23.4 Å². The van der Waals surface area contributed by atoms with Crippen molar-refractivity contribution in [2.75, 3.05) is 46.9 Å². The second-order valence-electron chi connectivity index (χ2n) is 7.93. The number of hydrogen-bond donors (Lipinski definition) is 2. The Morgan fingerprint density at radius 3 is 2.75 bits per heavy atom. The van der Waals surface area contributed by atoms with E-state index in [1.165, 1.54) is 17.0 Å². The van der Waals surface area contributed by atoms with Crippen molar-refractivity contribution in [1.82, 2.24) is 15.5 Å². The molecule has 1 fully saturated rings. The highest BCUT2D eigenvalue weighted by Crippen LogP contribution is 2.29. The molecule has 2 rings (SSSR count). The van der Waals surface area contributed by atoms with Crippen molar-refractivity contribution < 1.29 is 13.9 Å². The molecule has 1 aliphatic rings. The average molecular weight is 413 g/mol. The van der Waals surface area contributed by atoms with E-state index in [1.807, 2.05) is 13.8 Å². The first kappa shape index (κ1) is 22.4. The number of halogens is 2. The molecule has 1 amide bonds. The van der Waals surface area contributed by atoms with Gasteiger partial charge >= 0.3 is 0 Å². The van der Waals surface area contributed by atoms with Crippen molar-refractivity contribution in [1.29, 1.82) is 0 Å². The molecule has 1 atom stereocenters. The largest absolute Gasteiger partial charge is 0.381 e. The lowest BCUT2D eigenvalue weighted by Gasteiger charge is -2.28. The zero-order valence-electron chi connectivity index (χ0n) is 17.0. The molecule has 28 heavy (non-hydrogen) atoms. The van der Waals surface area contributed by atoms with Crippen LogP contribution in [-0.4, -0.2) is 63.7 Å². The van der Waals surface area contributed by atoms with Crippen molar-refractivity contribution in [2.45, 2.75) is 25.7 Å². The summed E-state index contributed by atoms with van der Waals surface area (Å²) in [7, 11) is 3.40. The predicted octanol–water partition coefficient (Wildman–Crippen LogP) is 2.42. The summed E-state index contributed by atoms with van der Waals surface area (Å²) in [5.41, 5.74) is 0.478. The highest BCUT2D eigenvalue weighted by Gasteiger charge is 2.24. The summed E-state index contributed by atoms with van der Waals surface area (Å²) in [5, 5.41) is 6.99. The summed E-state index contributed by atoms with van der Waals surface area (Å²) in [6.45, 7) is 6.84. The maximum Gasteiger partial charge on any atom is 0.243 e. The maximum atomic E-state index is 13.4. The zero-order chi connectivity index (χ0) is 20.7. The number of amides is 1. The number of nitrogens with zero attached hydrogens (tertiary/aromatic N) is 2. The minimum absolute atomic E-state index is 0.0568. The van der Waals surface area contributed by atoms with E-state index in [2.05, 4.69) is 15.6 Å². The molecule has 1 aliphatic heterocycles. The fraction of sp³-hybridized carbons (Fsp3) is 0.600. The predicted molar refractivity (Wildman–Crippen MR) is 110 cm³/mol. The van der Waals surface area contributed by atoms with E-state index >= 15 is 0 Å². The van der Waals surface area contributed by atoms with Gasteiger partial charge in [0.25, 0.3) is 0 Å². The Morgan fingerprint density at radius 1 is 1.39 bits per heavy atom. The number of nitrogens with one attached hydrogen (secondary N) is 2. The first-order chi connectivity index (χ1) is 13.2. The molecule has 1 saturated heterocycles. The molecule has 0 bridgehead atoms. The van der Waals surface area contributed by atoms with Crippen LogP contribution >= 0.6 is 11.6 Å². The van der Waals surface area contributed by atoms with E-state index < -0.39 is 0 Å². The molecule has 156 valence electrons. The molecule has 0 aromatic heterocycles.